The first-order valence-corrected chi connectivity index (χ1v) is 7.49. The van der Waals surface area contributed by atoms with Crippen molar-refractivity contribution < 1.29 is 4.79 Å². The zero-order valence-electron chi connectivity index (χ0n) is 13.5. The summed E-state index contributed by atoms with van der Waals surface area (Å²) in [5.41, 5.74) is 5.66. The Morgan fingerprint density at radius 2 is 2.00 bits per heavy atom. The van der Waals surface area contributed by atoms with E-state index in [-0.39, 0.29) is 11.2 Å². The Morgan fingerprint density at radius 1 is 1.29 bits per heavy atom. The molecule has 3 rings (SSSR count). The topological polar surface area (TPSA) is 39.8 Å². The fourth-order valence-electron chi connectivity index (χ4n) is 3.37. The van der Waals surface area contributed by atoms with Crippen molar-refractivity contribution in [3.8, 4) is 0 Å². The van der Waals surface area contributed by atoms with Crippen LogP contribution in [0, 0.1) is 19.3 Å². The summed E-state index contributed by atoms with van der Waals surface area (Å²) in [5, 5.41) is 4.48. The first-order valence-electron chi connectivity index (χ1n) is 7.49. The fraction of sp³-hybridized carbons (Fsp3) is 0.529. The highest BCUT2D eigenvalue weighted by Gasteiger charge is 2.33. The average Bonchev–Trinajstić information content (AvgIpc) is 2.85. The van der Waals surface area contributed by atoms with Crippen LogP contribution in [0.15, 0.2) is 12.3 Å². The van der Waals surface area contributed by atoms with Gasteiger partial charge < -0.3 is 4.57 Å². The number of ketones is 1. The number of aryl methyl sites for hydroxylation is 2. The maximum Gasteiger partial charge on any atom is 0.165 e. The Kier molecular flexibility index (Phi) is 3.08. The number of carbonyl (C=O) groups is 1. The summed E-state index contributed by atoms with van der Waals surface area (Å²) in [6.45, 7) is 9.29. The van der Waals surface area contributed by atoms with Crippen molar-refractivity contribution in [1.29, 1.82) is 0 Å². The van der Waals surface area contributed by atoms with Crippen molar-refractivity contribution in [3.05, 3.63) is 40.5 Å². The van der Waals surface area contributed by atoms with E-state index < -0.39 is 0 Å². The van der Waals surface area contributed by atoms with Crippen molar-refractivity contribution in [3.63, 3.8) is 0 Å². The number of rotatable bonds is 2. The highest BCUT2D eigenvalue weighted by Crippen LogP contribution is 2.35. The van der Waals surface area contributed by atoms with Crippen LogP contribution in [0.4, 0.5) is 0 Å². The molecule has 0 saturated heterocycles. The van der Waals surface area contributed by atoms with Crippen LogP contribution in [0.5, 0.6) is 0 Å². The van der Waals surface area contributed by atoms with Gasteiger partial charge in [-0.3, -0.25) is 9.48 Å². The second-order valence-corrected chi connectivity index (χ2v) is 7.02. The third-order valence-electron chi connectivity index (χ3n) is 4.65. The standard InChI is InChI=1S/C17H23N3O/c1-11-14(12(2)19(5)18-11)10-20-7-6-13-15(20)8-17(3,4)9-16(13)21/h6-7H,8-10H2,1-5H3. The van der Waals surface area contributed by atoms with Crippen LogP contribution in [-0.2, 0) is 20.0 Å². The molecule has 2 aromatic rings. The number of aromatic nitrogens is 3. The van der Waals surface area contributed by atoms with Gasteiger partial charge in [0.1, 0.15) is 0 Å². The fourth-order valence-corrected chi connectivity index (χ4v) is 3.37. The lowest BCUT2D eigenvalue weighted by molar-refractivity contribution is 0.0910. The van der Waals surface area contributed by atoms with Crippen LogP contribution < -0.4 is 0 Å². The Labute approximate surface area is 125 Å². The highest BCUT2D eigenvalue weighted by molar-refractivity contribution is 5.98. The molecule has 0 aromatic carbocycles. The summed E-state index contributed by atoms with van der Waals surface area (Å²) in [4.78, 5) is 12.3. The molecule has 0 aliphatic heterocycles. The summed E-state index contributed by atoms with van der Waals surface area (Å²) in [5.74, 6) is 0.277. The summed E-state index contributed by atoms with van der Waals surface area (Å²) in [7, 11) is 1.98. The SMILES string of the molecule is Cc1nn(C)c(C)c1Cn1ccc2c1CC(C)(C)CC2=O. The molecule has 0 N–H and O–H groups in total. The van der Waals surface area contributed by atoms with Crippen LogP contribution in [0.1, 0.15) is 53.3 Å². The largest absolute Gasteiger partial charge is 0.346 e. The molecule has 1 aliphatic rings. The van der Waals surface area contributed by atoms with Crippen molar-refractivity contribution in [1.82, 2.24) is 14.3 Å². The zero-order valence-corrected chi connectivity index (χ0v) is 13.5. The van der Waals surface area contributed by atoms with E-state index in [9.17, 15) is 4.79 Å². The Bertz CT molecular complexity index is 719. The number of nitrogens with zero attached hydrogens (tertiary/aromatic N) is 3. The summed E-state index contributed by atoms with van der Waals surface area (Å²) in [6, 6.07) is 1.98. The third kappa shape index (κ3) is 2.33. The Balaban J connectivity index is 2.00. The van der Waals surface area contributed by atoms with Gasteiger partial charge in [0.25, 0.3) is 0 Å². The third-order valence-corrected chi connectivity index (χ3v) is 4.65. The molecule has 0 unspecified atom stereocenters. The molecule has 4 heteroatoms. The van der Waals surface area contributed by atoms with Crippen LogP contribution in [-0.4, -0.2) is 20.1 Å². The van der Waals surface area contributed by atoms with Gasteiger partial charge in [-0.15, -0.1) is 0 Å². The van der Waals surface area contributed by atoms with Gasteiger partial charge in [-0.1, -0.05) is 13.8 Å². The van der Waals surface area contributed by atoms with Gasteiger partial charge >= 0.3 is 0 Å². The molecule has 0 bridgehead atoms. The van der Waals surface area contributed by atoms with Gasteiger partial charge in [0.05, 0.1) is 12.2 Å². The molecule has 0 saturated carbocycles. The Hall–Kier alpha value is -1.84. The first-order chi connectivity index (χ1) is 9.78. The quantitative estimate of drug-likeness (QED) is 0.851. The lowest BCUT2D eigenvalue weighted by Gasteiger charge is -2.29. The highest BCUT2D eigenvalue weighted by atomic mass is 16.1. The van der Waals surface area contributed by atoms with Crippen LogP contribution in [0.25, 0.3) is 0 Å². The van der Waals surface area contributed by atoms with E-state index in [1.54, 1.807) is 0 Å². The molecule has 4 nitrogen and oxygen atoms in total. The van der Waals surface area contributed by atoms with Crippen molar-refractivity contribution >= 4 is 5.78 Å². The van der Waals surface area contributed by atoms with E-state index in [2.05, 4.69) is 36.6 Å². The van der Waals surface area contributed by atoms with E-state index in [1.807, 2.05) is 24.7 Å². The van der Waals surface area contributed by atoms with E-state index in [0.29, 0.717) is 6.42 Å². The number of carbonyl (C=O) groups excluding carboxylic acids is 1. The average molecular weight is 285 g/mol. The molecule has 2 aromatic heterocycles. The van der Waals surface area contributed by atoms with Gasteiger partial charge in [-0.2, -0.15) is 5.10 Å². The number of Topliss-reactive ketones (excluding diaryl/α,β-unsaturated/α-hetero) is 1. The Morgan fingerprint density at radius 3 is 2.62 bits per heavy atom. The maximum atomic E-state index is 12.3. The summed E-state index contributed by atoms with van der Waals surface area (Å²) in [6.07, 6.45) is 3.66. The van der Waals surface area contributed by atoms with Gasteiger partial charge in [0, 0.05) is 42.2 Å². The maximum absolute atomic E-state index is 12.3. The minimum absolute atomic E-state index is 0.0548. The number of hydrogen-bond donors (Lipinski definition) is 0. The normalized spacial score (nSPS) is 17.1. The molecule has 0 radical (unpaired) electrons. The van der Waals surface area contributed by atoms with Gasteiger partial charge in [0.2, 0.25) is 0 Å². The molecule has 21 heavy (non-hydrogen) atoms. The molecule has 0 fully saturated rings. The minimum atomic E-state index is 0.0548. The molecule has 112 valence electrons. The predicted molar refractivity (Wildman–Crippen MR) is 82.6 cm³/mol. The van der Waals surface area contributed by atoms with Crippen molar-refractivity contribution in [2.45, 2.75) is 47.1 Å². The van der Waals surface area contributed by atoms with Crippen LogP contribution >= 0.6 is 0 Å². The second-order valence-electron chi connectivity index (χ2n) is 7.02. The van der Waals surface area contributed by atoms with Crippen LogP contribution in [0.3, 0.4) is 0 Å². The predicted octanol–water partition coefficient (Wildman–Crippen LogP) is 3.04. The van der Waals surface area contributed by atoms with Gasteiger partial charge in [-0.05, 0) is 31.7 Å². The lowest BCUT2D eigenvalue weighted by Crippen LogP contribution is -2.28. The number of fused-ring (bicyclic) bond motifs is 1. The van der Waals surface area contributed by atoms with E-state index >= 15 is 0 Å². The van der Waals surface area contributed by atoms with E-state index in [4.69, 9.17) is 0 Å². The van der Waals surface area contributed by atoms with Gasteiger partial charge in [0.15, 0.2) is 5.78 Å². The van der Waals surface area contributed by atoms with E-state index in [0.717, 1.165) is 24.2 Å². The van der Waals surface area contributed by atoms with Crippen molar-refractivity contribution in [2.24, 2.45) is 12.5 Å². The van der Waals surface area contributed by atoms with Crippen LogP contribution in [0.2, 0.25) is 0 Å². The number of hydrogen-bond acceptors (Lipinski definition) is 2. The smallest absolute Gasteiger partial charge is 0.165 e. The molecular formula is C17H23N3O. The summed E-state index contributed by atoms with van der Waals surface area (Å²) < 4.78 is 4.15. The summed E-state index contributed by atoms with van der Waals surface area (Å²) >= 11 is 0. The monoisotopic (exact) mass is 285 g/mol. The zero-order chi connectivity index (χ0) is 15.4. The van der Waals surface area contributed by atoms with Gasteiger partial charge in [-0.25, -0.2) is 0 Å². The first kappa shape index (κ1) is 14.1. The molecule has 0 amide bonds. The molecule has 0 atom stereocenters. The molecule has 2 heterocycles. The molecule has 1 aliphatic carbocycles. The van der Waals surface area contributed by atoms with Crippen molar-refractivity contribution in [2.75, 3.05) is 0 Å². The lowest BCUT2D eigenvalue weighted by atomic mass is 9.76. The van der Waals surface area contributed by atoms with E-state index in [1.165, 1.54) is 17.0 Å². The second kappa shape index (κ2) is 4.58. The molecule has 0 spiro atoms. The molecular weight excluding hydrogens is 262 g/mol. The minimum Gasteiger partial charge on any atom is -0.346 e.